The van der Waals surface area contributed by atoms with Crippen molar-refractivity contribution in [3.63, 3.8) is 0 Å². The van der Waals surface area contributed by atoms with Crippen LogP contribution in [-0.2, 0) is 19.0 Å². The molecule has 2 unspecified atom stereocenters. The lowest BCUT2D eigenvalue weighted by Crippen LogP contribution is -2.39. The number of aliphatic hydroxyl groups excluding tert-OH is 1. The van der Waals surface area contributed by atoms with Crippen LogP contribution in [0.5, 0.6) is 0 Å². The summed E-state index contributed by atoms with van der Waals surface area (Å²) in [6.45, 7) is 8.85. The van der Waals surface area contributed by atoms with E-state index in [4.69, 9.17) is 14.2 Å². The predicted octanol–water partition coefficient (Wildman–Crippen LogP) is 2.51. The van der Waals surface area contributed by atoms with E-state index < -0.39 is 18.4 Å². The molecule has 0 rings (SSSR count). The van der Waals surface area contributed by atoms with Gasteiger partial charge in [0.25, 0.3) is 0 Å². The van der Waals surface area contributed by atoms with E-state index in [1.165, 1.54) is 0 Å². The summed E-state index contributed by atoms with van der Waals surface area (Å²) in [5.74, 6) is -0.324. The molecule has 0 saturated heterocycles. The zero-order chi connectivity index (χ0) is 15.4. The summed E-state index contributed by atoms with van der Waals surface area (Å²) in [6, 6.07) is 0. The second-order valence-electron chi connectivity index (χ2n) is 4.77. The van der Waals surface area contributed by atoms with Gasteiger partial charge in [0.2, 0.25) is 6.10 Å². The standard InChI is InChI=1S/C15H30O5/c1-5-9-10-12(6-2)11-20-14(17)13(16)15(18-7-3)19-8-4/h12-13,15-16H,5-11H2,1-4H3. The second kappa shape index (κ2) is 12.1. The molecule has 0 aromatic carbocycles. The van der Waals surface area contributed by atoms with Gasteiger partial charge in [-0.25, -0.2) is 4.79 Å². The maximum atomic E-state index is 11.8. The van der Waals surface area contributed by atoms with Crippen LogP contribution < -0.4 is 0 Å². The summed E-state index contributed by atoms with van der Waals surface area (Å²) in [7, 11) is 0. The van der Waals surface area contributed by atoms with Crippen LogP contribution in [0.1, 0.15) is 53.4 Å². The Balaban J connectivity index is 4.21. The average Bonchev–Trinajstić information content (AvgIpc) is 2.46. The van der Waals surface area contributed by atoms with E-state index in [1.54, 1.807) is 13.8 Å². The fraction of sp³-hybridized carbons (Fsp3) is 0.933. The van der Waals surface area contributed by atoms with E-state index in [-0.39, 0.29) is 0 Å². The molecular formula is C15H30O5. The van der Waals surface area contributed by atoms with Crippen molar-refractivity contribution in [1.82, 2.24) is 0 Å². The van der Waals surface area contributed by atoms with Crippen LogP contribution in [0.25, 0.3) is 0 Å². The summed E-state index contributed by atoms with van der Waals surface area (Å²) < 4.78 is 15.6. The summed E-state index contributed by atoms with van der Waals surface area (Å²) >= 11 is 0. The van der Waals surface area contributed by atoms with Gasteiger partial charge in [-0.05, 0) is 26.2 Å². The van der Waals surface area contributed by atoms with Crippen molar-refractivity contribution >= 4 is 5.97 Å². The number of carbonyl (C=O) groups excluding carboxylic acids is 1. The Kier molecular flexibility index (Phi) is 11.7. The molecule has 0 heterocycles. The Bertz CT molecular complexity index is 238. The van der Waals surface area contributed by atoms with Crippen LogP contribution in [0.2, 0.25) is 0 Å². The van der Waals surface area contributed by atoms with E-state index in [0.717, 1.165) is 25.7 Å². The van der Waals surface area contributed by atoms with Gasteiger partial charge in [-0.3, -0.25) is 0 Å². The van der Waals surface area contributed by atoms with E-state index in [9.17, 15) is 9.90 Å². The van der Waals surface area contributed by atoms with Gasteiger partial charge in [0.1, 0.15) is 0 Å². The first kappa shape index (κ1) is 19.4. The normalized spacial score (nSPS) is 14.3. The van der Waals surface area contributed by atoms with Crippen molar-refractivity contribution in [2.24, 2.45) is 5.92 Å². The van der Waals surface area contributed by atoms with Gasteiger partial charge >= 0.3 is 5.97 Å². The van der Waals surface area contributed by atoms with Gasteiger partial charge in [-0.15, -0.1) is 0 Å². The minimum absolute atomic E-state index is 0.345. The molecule has 0 radical (unpaired) electrons. The lowest BCUT2D eigenvalue weighted by atomic mass is 10.0. The smallest absolute Gasteiger partial charge is 0.340 e. The quantitative estimate of drug-likeness (QED) is 0.442. The van der Waals surface area contributed by atoms with Crippen LogP contribution in [-0.4, -0.2) is 43.3 Å². The number of esters is 1. The van der Waals surface area contributed by atoms with Crippen LogP contribution in [0.4, 0.5) is 0 Å². The molecule has 1 N–H and O–H groups in total. The molecule has 0 aromatic heterocycles. The third-order valence-corrected chi connectivity index (χ3v) is 3.17. The molecule has 0 amide bonds. The number of aliphatic hydroxyl groups is 1. The van der Waals surface area contributed by atoms with Crippen LogP contribution in [0, 0.1) is 5.92 Å². The summed E-state index contributed by atoms with van der Waals surface area (Å²) in [5, 5.41) is 9.88. The Labute approximate surface area is 122 Å². The molecule has 20 heavy (non-hydrogen) atoms. The molecule has 5 heteroatoms. The van der Waals surface area contributed by atoms with E-state index in [0.29, 0.717) is 25.7 Å². The average molecular weight is 290 g/mol. The van der Waals surface area contributed by atoms with Crippen LogP contribution >= 0.6 is 0 Å². The molecule has 120 valence electrons. The lowest BCUT2D eigenvalue weighted by Gasteiger charge is -2.22. The first-order chi connectivity index (χ1) is 9.60. The SMILES string of the molecule is CCCCC(CC)COC(=O)C(O)C(OCC)OCC. The molecular weight excluding hydrogens is 260 g/mol. The van der Waals surface area contributed by atoms with Crippen LogP contribution in [0.15, 0.2) is 0 Å². The second-order valence-corrected chi connectivity index (χ2v) is 4.77. The number of rotatable bonds is 12. The van der Waals surface area contributed by atoms with Crippen molar-refractivity contribution < 1.29 is 24.1 Å². The van der Waals surface area contributed by atoms with E-state index >= 15 is 0 Å². The summed E-state index contributed by atoms with van der Waals surface area (Å²) in [5.41, 5.74) is 0. The molecule has 0 aliphatic carbocycles. The molecule has 0 spiro atoms. The summed E-state index contributed by atoms with van der Waals surface area (Å²) in [6.07, 6.45) is 1.91. The zero-order valence-corrected chi connectivity index (χ0v) is 13.3. The molecule has 0 aromatic rings. The highest BCUT2D eigenvalue weighted by Crippen LogP contribution is 2.14. The van der Waals surface area contributed by atoms with Crippen molar-refractivity contribution in [2.45, 2.75) is 65.8 Å². The molecule has 0 saturated carbocycles. The topological polar surface area (TPSA) is 65.0 Å². The van der Waals surface area contributed by atoms with Gasteiger partial charge < -0.3 is 19.3 Å². The molecule has 0 aliphatic heterocycles. The molecule has 0 bridgehead atoms. The number of hydrogen-bond acceptors (Lipinski definition) is 5. The highest BCUT2D eigenvalue weighted by molar-refractivity contribution is 5.74. The number of carbonyl (C=O) groups is 1. The maximum absolute atomic E-state index is 11.8. The van der Waals surface area contributed by atoms with Gasteiger partial charge in [0.15, 0.2) is 6.29 Å². The Morgan fingerprint density at radius 1 is 1.10 bits per heavy atom. The highest BCUT2D eigenvalue weighted by Gasteiger charge is 2.29. The number of ether oxygens (including phenoxy) is 3. The largest absolute Gasteiger partial charge is 0.463 e. The number of hydrogen-bond donors (Lipinski definition) is 1. The maximum Gasteiger partial charge on any atom is 0.340 e. The molecule has 0 aliphatic rings. The minimum Gasteiger partial charge on any atom is -0.463 e. The van der Waals surface area contributed by atoms with Crippen molar-refractivity contribution in [1.29, 1.82) is 0 Å². The Morgan fingerprint density at radius 3 is 2.15 bits per heavy atom. The third-order valence-electron chi connectivity index (χ3n) is 3.17. The molecule has 0 fully saturated rings. The van der Waals surface area contributed by atoms with Crippen molar-refractivity contribution in [3.8, 4) is 0 Å². The number of unbranched alkanes of at least 4 members (excludes halogenated alkanes) is 1. The highest BCUT2D eigenvalue weighted by atomic mass is 16.7. The first-order valence-electron chi connectivity index (χ1n) is 7.68. The molecule has 2 atom stereocenters. The van der Waals surface area contributed by atoms with Crippen molar-refractivity contribution in [3.05, 3.63) is 0 Å². The first-order valence-corrected chi connectivity index (χ1v) is 7.68. The third kappa shape index (κ3) is 7.82. The monoisotopic (exact) mass is 290 g/mol. The Morgan fingerprint density at radius 2 is 1.70 bits per heavy atom. The summed E-state index contributed by atoms with van der Waals surface area (Å²) in [4.78, 5) is 11.8. The van der Waals surface area contributed by atoms with Gasteiger partial charge in [0.05, 0.1) is 6.61 Å². The van der Waals surface area contributed by atoms with E-state index in [2.05, 4.69) is 13.8 Å². The Hall–Kier alpha value is -0.650. The lowest BCUT2D eigenvalue weighted by molar-refractivity contribution is -0.206. The van der Waals surface area contributed by atoms with Crippen LogP contribution in [0.3, 0.4) is 0 Å². The predicted molar refractivity (Wildman–Crippen MR) is 77.3 cm³/mol. The zero-order valence-electron chi connectivity index (χ0n) is 13.3. The molecule has 5 nitrogen and oxygen atoms in total. The fourth-order valence-electron chi connectivity index (χ4n) is 1.85. The van der Waals surface area contributed by atoms with E-state index in [1.807, 2.05) is 0 Å². The minimum atomic E-state index is -1.39. The van der Waals surface area contributed by atoms with Gasteiger partial charge in [-0.1, -0.05) is 33.1 Å². The van der Waals surface area contributed by atoms with Crippen molar-refractivity contribution in [2.75, 3.05) is 19.8 Å². The van der Waals surface area contributed by atoms with Gasteiger partial charge in [0, 0.05) is 13.2 Å². The fourth-order valence-corrected chi connectivity index (χ4v) is 1.85. The van der Waals surface area contributed by atoms with Gasteiger partial charge in [-0.2, -0.15) is 0 Å².